The van der Waals surface area contributed by atoms with Gasteiger partial charge in [0.1, 0.15) is 5.75 Å². The van der Waals surface area contributed by atoms with E-state index in [4.69, 9.17) is 17.0 Å². The summed E-state index contributed by atoms with van der Waals surface area (Å²) in [4.78, 5) is 18.1. The van der Waals surface area contributed by atoms with Crippen molar-refractivity contribution in [2.75, 3.05) is 12.0 Å². The second-order valence-corrected chi connectivity index (χ2v) is 9.07. The minimum Gasteiger partial charge on any atom is -0.495 e. The predicted octanol–water partition coefficient (Wildman–Crippen LogP) is 5.37. The van der Waals surface area contributed by atoms with Crippen molar-refractivity contribution in [2.24, 2.45) is 0 Å². The highest BCUT2D eigenvalue weighted by Crippen LogP contribution is 2.46. The molecule has 7 nitrogen and oxygen atoms in total. The number of rotatable bonds is 6. The average Bonchev–Trinajstić information content (AvgIpc) is 3.39. The molecule has 5 rings (SSSR count). The number of aryl methyl sites for hydroxylation is 1. The second kappa shape index (κ2) is 9.47. The number of aromatic nitrogens is 2. The van der Waals surface area contributed by atoms with Crippen LogP contribution < -0.4 is 15.0 Å². The molecule has 0 amide bonds. The standard InChI is InChI=1S/C28H26N4O3S/c1-17-16-21(18(2)31(17)20-13-11-19(12-14-20)27(33)34)26-25(22-8-6-7-15-29-22)30-28(36)32(26)23-9-4-5-10-24(23)35-3/h4-16,25-26H,1-3H3,(H,30,36)(H,33,34)/t25-,26+/m1/s1. The van der Waals surface area contributed by atoms with Crippen LogP contribution in [0.2, 0.25) is 0 Å². The van der Waals surface area contributed by atoms with Crippen molar-refractivity contribution in [3.05, 3.63) is 107 Å². The number of nitrogens with one attached hydrogen (secondary N) is 1. The Balaban J connectivity index is 1.67. The fourth-order valence-electron chi connectivity index (χ4n) is 5.00. The maximum atomic E-state index is 11.3. The van der Waals surface area contributed by atoms with Gasteiger partial charge in [-0.1, -0.05) is 18.2 Å². The van der Waals surface area contributed by atoms with E-state index in [2.05, 4.69) is 32.8 Å². The number of benzene rings is 2. The molecule has 2 atom stereocenters. The monoisotopic (exact) mass is 498 g/mol. The molecule has 1 aliphatic rings. The average molecular weight is 499 g/mol. The lowest BCUT2D eigenvalue weighted by Gasteiger charge is -2.29. The number of ether oxygens (including phenoxy) is 1. The van der Waals surface area contributed by atoms with Crippen LogP contribution in [0.5, 0.6) is 5.75 Å². The molecule has 0 aliphatic carbocycles. The van der Waals surface area contributed by atoms with Crippen molar-refractivity contribution in [1.82, 2.24) is 14.9 Å². The summed E-state index contributed by atoms with van der Waals surface area (Å²) in [6.45, 7) is 4.12. The molecular formula is C28H26N4O3S. The number of hydrogen-bond donors (Lipinski definition) is 2. The number of pyridine rings is 1. The van der Waals surface area contributed by atoms with E-state index in [0.29, 0.717) is 5.11 Å². The highest BCUT2D eigenvalue weighted by atomic mass is 32.1. The van der Waals surface area contributed by atoms with E-state index in [1.165, 1.54) is 0 Å². The van der Waals surface area contributed by atoms with Gasteiger partial charge in [0.05, 0.1) is 36.1 Å². The number of carbonyl (C=O) groups is 1. The van der Waals surface area contributed by atoms with Crippen molar-refractivity contribution in [2.45, 2.75) is 25.9 Å². The summed E-state index contributed by atoms with van der Waals surface area (Å²) in [5.41, 5.74) is 6.06. The second-order valence-electron chi connectivity index (χ2n) is 8.68. The lowest BCUT2D eigenvalue weighted by Crippen LogP contribution is -2.30. The molecule has 36 heavy (non-hydrogen) atoms. The smallest absolute Gasteiger partial charge is 0.335 e. The summed E-state index contributed by atoms with van der Waals surface area (Å²) in [7, 11) is 1.66. The topological polar surface area (TPSA) is 79.6 Å². The number of hydrogen-bond acceptors (Lipinski definition) is 4. The van der Waals surface area contributed by atoms with Gasteiger partial charge in [-0.2, -0.15) is 0 Å². The minimum absolute atomic E-state index is 0.188. The molecule has 1 aliphatic heterocycles. The van der Waals surface area contributed by atoms with Crippen molar-refractivity contribution in [3.63, 3.8) is 0 Å². The molecule has 2 N–H and O–H groups in total. The van der Waals surface area contributed by atoms with Gasteiger partial charge in [0.25, 0.3) is 0 Å². The van der Waals surface area contributed by atoms with Gasteiger partial charge in [0, 0.05) is 23.3 Å². The summed E-state index contributed by atoms with van der Waals surface area (Å²) < 4.78 is 7.83. The Morgan fingerprint density at radius 3 is 2.44 bits per heavy atom. The Morgan fingerprint density at radius 2 is 1.78 bits per heavy atom. The Hall–Kier alpha value is -4.17. The summed E-state index contributed by atoms with van der Waals surface area (Å²) >= 11 is 5.87. The first kappa shape index (κ1) is 23.6. The first-order chi connectivity index (χ1) is 17.4. The number of para-hydroxylation sites is 2. The van der Waals surface area contributed by atoms with Crippen molar-refractivity contribution >= 4 is 29.0 Å². The molecule has 8 heteroatoms. The van der Waals surface area contributed by atoms with Gasteiger partial charge in [-0.3, -0.25) is 4.98 Å². The van der Waals surface area contributed by atoms with Crippen molar-refractivity contribution in [3.8, 4) is 11.4 Å². The Morgan fingerprint density at radius 1 is 1.06 bits per heavy atom. The van der Waals surface area contributed by atoms with Crippen LogP contribution in [0, 0.1) is 13.8 Å². The van der Waals surface area contributed by atoms with Crippen LogP contribution >= 0.6 is 12.2 Å². The number of thiocarbonyl (C=S) groups is 1. The summed E-state index contributed by atoms with van der Waals surface area (Å²) in [5, 5.41) is 13.4. The van der Waals surface area contributed by atoms with Crippen LogP contribution in [0.3, 0.4) is 0 Å². The third-order valence-electron chi connectivity index (χ3n) is 6.60. The minimum atomic E-state index is -0.945. The van der Waals surface area contributed by atoms with E-state index < -0.39 is 5.97 Å². The molecule has 2 aromatic heterocycles. The first-order valence-corrected chi connectivity index (χ1v) is 12.0. The molecular weight excluding hydrogens is 472 g/mol. The van der Waals surface area contributed by atoms with Crippen LogP contribution in [0.4, 0.5) is 5.69 Å². The highest BCUT2D eigenvalue weighted by Gasteiger charge is 2.43. The lowest BCUT2D eigenvalue weighted by molar-refractivity contribution is 0.0697. The van der Waals surface area contributed by atoms with E-state index in [-0.39, 0.29) is 17.6 Å². The normalized spacial score (nSPS) is 17.2. The van der Waals surface area contributed by atoms with Crippen molar-refractivity contribution < 1.29 is 14.6 Å². The highest BCUT2D eigenvalue weighted by molar-refractivity contribution is 7.80. The third-order valence-corrected chi connectivity index (χ3v) is 6.92. The van der Waals surface area contributed by atoms with E-state index in [0.717, 1.165) is 39.8 Å². The quantitative estimate of drug-likeness (QED) is 0.346. The van der Waals surface area contributed by atoms with Crippen LogP contribution in [-0.2, 0) is 0 Å². The Bertz CT molecular complexity index is 1430. The summed E-state index contributed by atoms with van der Waals surface area (Å²) in [5.74, 6) is -0.217. The maximum absolute atomic E-state index is 11.3. The maximum Gasteiger partial charge on any atom is 0.335 e. The Kier molecular flexibility index (Phi) is 6.20. The number of methoxy groups -OCH3 is 1. The number of aromatic carboxylic acids is 1. The fourth-order valence-corrected chi connectivity index (χ4v) is 5.34. The zero-order valence-electron chi connectivity index (χ0n) is 20.2. The van der Waals surface area contributed by atoms with Crippen LogP contribution in [0.15, 0.2) is 79.0 Å². The van der Waals surface area contributed by atoms with Gasteiger partial charge in [-0.05, 0) is 86.2 Å². The van der Waals surface area contributed by atoms with Crippen LogP contribution in [0.25, 0.3) is 5.69 Å². The fraction of sp³-hybridized carbons (Fsp3) is 0.179. The zero-order chi connectivity index (χ0) is 25.4. The molecule has 182 valence electrons. The van der Waals surface area contributed by atoms with Gasteiger partial charge in [0.2, 0.25) is 0 Å². The SMILES string of the molecule is COc1ccccc1N1C(=S)N[C@H](c2ccccn2)[C@@H]1c1cc(C)n(-c2ccc(C(=O)O)cc2)c1C. The molecule has 0 bridgehead atoms. The molecule has 3 heterocycles. The predicted molar refractivity (Wildman–Crippen MR) is 143 cm³/mol. The van der Waals surface area contributed by atoms with E-state index >= 15 is 0 Å². The van der Waals surface area contributed by atoms with Gasteiger partial charge >= 0.3 is 5.97 Å². The number of anilines is 1. The van der Waals surface area contributed by atoms with Gasteiger partial charge in [0.15, 0.2) is 5.11 Å². The van der Waals surface area contributed by atoms with Crippen LogP contribution in [0.1, 0.15) is 45.1 Å². The van der Waals surface area contributed by atoms with E-state index in [9.17, 15) is 9.90 Å². The van der Waals surface area contributed by atoms with E-state index in [1.54, 1.807) is 25.4 Å². The van der Waals surface area contributed by atoms with Crippen LogP contribution in [-0.4, -0.2) is 32.8 Å². The molecule has 0 unspecified atom stereocenters. The molecule has 1 fully saturated rings. The lowest BCUT2D eigenvalue weighted by atomic mass is 9.96. The number of nitrogens with zero attached hydrogens (tertiary/aromatic N) is 3. The van der Waals surface area contributed by atoms with Gasteiger partial charge in [-0.25, -0.2) is 4.79 Å². The first-order valence-electron chi connectivity index (χ1n) is 11.6. The summed E-state index contributed by atoms with van der Waals surface area (Å²) in [6.07, 6.45) is 1.79. The zero-order valence-corrected chi connectivity index (χ0v) is 21.0. The molecule has 0 radical (unpaired) electrons. The molecule has 1 saturated heterocycles. The molecule has 2 aromatic carbocycles. The van der Waals surface area contributed by atoms with Gasteiger partial charge < -0.3 is 24.6 Å². The van der Waals surface area contributed by atoms with E-state index in [1.807, 2.05) is 61.5 Å². The van der Waals surface area contributed by atoms with Gasteiger partial charge in [-0.15, -0.1) is 0 Å². The number of carboxylic acid groups (broad SMARTS) is 1. The number of carboxylic acids is 1. The summed E-state index contributed by atoms with van der Waals surface area (Å²) in [6, 6.07) is 22.4. The third kappa shape index (κ3) is 3.99. The molecule has 0 saturated carbocycles. The largest absolute Gasteiger partial charge is 0.495 e. The van der Waals surface area contributed by atoms with Crippen molar-refractivity contribution in [1.29, 1.82) is 0 Å². The molecule has 0 spiro atoms. The molecule has 4 aromatic rings. The Labute approximate surface area is 215 Å².